The number of aryl methyl sites for hydroxylation is 1. The monoisotopic (exact) mass is 193 g/mol. The van der Waals surface area contributed by atoms with Gasteiger partial charge < -0.3 is 4.57 Å². The number of Topliss-reactive ketones (excluding diaryl/α,β-unsaturated/α-hetero) is 1. The first-order chi connectivity index (χ1) is 6.49. The van der Waals surface area contributed by atoms with Crippen molar-refractivity contribution in [2.75, 3.05) is 0 Å². The zero-order valence-electron chi connectivity index (χ0n) is 9.72. The third-order valence-electron chi connectivity index (χ3n) is 2.63. The molecule has 0 aliphatic rings. The molecule has 1 aromatic heterocycles. The van der Waals surface area contributed by atoms with Crippen molar-refractivity contribution in [3.8, 4) is 0 Å². The summed E-state index contributed by atoms with van der Waals surface area (Å²) in [6, 6.07) is 2.45. The molecule has 2 heteroatoms. The summed E-state index contributed by atoms with van der Waals surface area (Å²) in [6.07, 6.45) is 0.978. The van der Waals surface area contributed by atoms with Crippen LogP contribution in [-0.2, 0) is 6.42 Å². The van der Waals surface area contributed by atoms with Gasteiger partial charge in [0.1, 0.15) is 0 Å². The molecule has 78 valence electrons. The summed E-state index contributed by atoms with van der Waals surface area (Å²) in [4.78, 5) is 11.4. The van der Waals surface area contributed by atoms with Gasteiger partial charge in [0.2, 0.25) is 0 Å². The van der Waals surface area contributed by atoms with Crippen LogP contribution in [0.4, 0.5) is 0 Å². The Morgan fingerprint density at radius 1 is 1.50 bits per heavy atom. The first-order valence-corrected chi connectivity index (χ1v) is 5.20. The molecule has 0 atom stereocenters. The number of carbonyl (C=O) groups excluding carboxylic acids is 1. The van der Waals surface area contributed by atoms with Gasteiger partial charge in [-0.1, -0.05) is 6.92 Å². The van der Waals surface area contributed by atoms with Crippen molar-refractivity contribution < 1.29 is 4.79 Å². The van der Waals surface area contributed by atoms with Gasteiger partial charge in [-0.25, -0.2) is 0 Å². The van der Waals surface area contributed by atoms with Crippen LogP contribution >= 0.6 is 0 Å². The van der Waals surface area contributed by atoms with E-state index in [2.05, 4.69) is 25.3 Å². The van der Waals surface area contributed by atoms with Crippen molar-refractivity contribution in [2.24, 2.45) is 0 Å². The summed E-state index contributed by atoms with van der Waals surface area (Å²) in [6.45, 7) is 10.1. The molecule has 0 saturated carbocycles. The van der Waals surface area contributed by atoms with Gasteiger partial charge in [0, 0.05) is 23.0 Å². The van der Waals surface area contributed by atoms with E-state index in [1.807, 2.05) is 13.0 Å². The lowest BCUT2D eigenvalue weighted by Gasteiger charge is -2.14. The molecule has 1 rings (SSSR count). The van der Waals surface area contributed by atoms with E-state index < -0.39 is 0 Å². The van der Waals surface area contributed by atoms with Gasteiger partial charge in [-0.2, -0.15) is 0 Å². The number of ketones is 1. The van der Waals surface area contributed by atoms with Gasteiger partial charge in [0.25, 0.3) is 0 Å². The summed E-state index contributed by atoms with van der Waals surface area (Å²) in [5, 5.41) is 0. The smallest absolute Gasteiger partial charge is 0.161 e. The fraction of sp³-hybridized carbons (Fsp3) is 0.583. The van der Waals surface area contributed by atoms with Crippen LogP contribution in [-0.4, -0.2) is 10.4 Å². The molecule has 0 aliphatic carbocycles. The number of hydrogen-bond acceptors (Lipinski definition) is 1. The largest absolute Gasteiger partial charge is 0.346 e. The number of carbonyl (C=O) groups is 1. The summed E-state index contributed by atoms with van der Waals surface area (Å²) < 4.78 is 2.25. The van der Waals surface area contributed by atoms with Gasteiger partial charge in [-0.05, 0) is 40.2 Å². The quantitative estimate of drug-likeness (QED) is 0.676. The molecule has 0 aliphatic heterocycles. The molecule has 0 N–H and O–H groups in total. The summed E-state index contributed by atoms with van der Waals surface area (Å²) in [5.41, 5.74) is 3.22. The Morgan fingerprint density at radius 2 is 2.07 bits per heavy atom. The van der Waals surface area contributed by atoms with Crippen LogP contribution in [0.2, 0.25) is 0 Å². The fourth-order valence-electron chi connectivity index (χ4n) is 2.03. The van der Waals surface area contributed by atoms with Crippen molar-refractivity contribution in [3.63, 3.8) is 0 Å². The molecule has 0 fully saturated rings. The third kappa shape index (κ3) is 1.74. The normalized spacial score (nSPS) is 11.0. The van der Waals surface area contributed by atoms with Gasteiger partial charge in [0.05, 0.1) is 0 Å². The molecule has 1 aromatic rings. The molecule has 0 radical (unpaired) electrons. The second-order valence-corrected chi connectivity index (χ2v) is 4.01. The standard InChI is InChI=1S/C12H19NO/c1-6-11-7-12(10(5)14)9(4)13(11)8(2)3/h7-8H,6H2,1-5H3. The number of hydrogen-bond donors (Lipinski definition) is 0. The average molecular weight is 193 g/mol. The Bertz CT molecular complexity index is 347. The molecule has 0 amide bonds. The Hall–Kier alpha value is -1.05. The first-order valence-electron chi connectivity index (χ1n) is 5.20. The van der Waals surface area contributed by atoms with E-state index in [0.717, 1.165) is 17.7 Å². The highest BCUT2D eigenvalue weighted by atomic mass is 16.1. The van der Waals surface area contributed by atoms with E-state index in [4.69, 9.17) is 0 Å². The van der Waals surface area contributed by atoms with E-state index in [0.29, 0.717) is 6.04 Å². The Kier molecular flexibility index (Phi) is 3.14. The Balaban J connectivity index is 3.33. The zero-order valence-corrected chi connectivity index (χ0v) is 9.72. The highest BCUT2D eigenvalue weighted by molar-refractivity contribution is 5.95. The van der Waals surface area contributed by atoms with Crippen LogP contribution in [0.1, 0.15) is 55.5 Å². The average Bonchev–Trinajstić information content (AvgIpc) is 2.42. The minimum atomic E-state index is 0.164. The molecule has 1 heterocycles. The van der Waals surface area contributed by atoms with Crippen molar-refractivity contribution in [2.45, 2.75) is 47.1 Å². The van der Waals surface area contributed by atoms with Crippen LogP contribution in [0.3, 0.4) is 0 Å². The van der Waals surface area contributed by atoms with Gasteiger partial charge in [-0.3, -0.25) is 4.79 Å². The SMILES string of the molecule is CCc1cc(C(C)=O)c(C)n1C(C)C. The molecule has 14 heavy (non-hydrogen) atoms. The molecule has 0 saturated heterocycles. The molecule has 0 unspecified atom stereocenters. The predicted molar refractivity (Wildman–Crippen MR) is 58.9 cm³/mol. The lowest BCUT2D eigenvalue weighted by molar-refractivity contribution is 0.101. The topological polar surface area (TPSA) is 22.0 Å². The van der Waals surface area contributed by atoms with E-state index in [-0.39, 0.29) is 5.78 Å². The second-order valence-electron chi connectivity index (χ2n) is 4.01. The van der Waals surface area contributed by atoms with Gasteiger partial charge in [-0.15, -0.1) is 0 Å². The molecule has 0 bridgehead atoms. The van der Waals surface area contributed by atoms with E-state index in [9.17, 15) is 4.79 Å². The van der Waals surface area contributed by atoms with Crippen molar-refractivity contribution in [3.05, 3.63) is 23.0 Å². The second kappa shape index (κ2) is 3.99. The molecule has 0 aromatic carbocycles. The number of aromatic nitrogens is 1. The van der Waals surface area contributed by atoms with Crippen LogP contribution in [0.25, 0.3) is 0 Å². The zero-order chi connectivity index (χ0) is 10.9. The van der Waals surface area contributed by atoms with E-state index in [1.54, 1.807) is 6.92 Å². The molecular formula is C12H19NO. The Morgan fingerprint density at radius 3 is 2.36 bits per heavy atom. The molecular weight excluding hydrogens is 174 g/mol. The highest BCUT2D eigenvalue weighted by Crippen LogP contribution is 2.21. The Labute approximate surface area is 85.9 Å². The fourth-order valence-corrected chi connectivity index (χ4v) is 2.03. The van der Waals surface area contributed by atoms with Crippen LogP contribution in [0.5, 0.6) is 0 Å². The maximum Gasteiger partial charge on any atom is 0.161 e. The van der Waals surface area contributed by atoms with Gasteiger partial charge in [0.15, 0.2) is 5.78 Å². The van der Waals surface area contributed by atoms with Crippen LogP contribution in [0.15, 0.2) is 6.07 Å². The van der Waals surface area contributed by atoms with Crippen molar-refractivity contribution in [1.82, 2.24) is 4.57 Å². The lowest BCUT2D eigenvalue weighted by atomic mass is 10.2. The van der Waals surface area contributed by atoms with E-state index in [1.165, 1.54) is 5.69 Å². The van der Waals surface area contributed by atoms with E-state index >= 15 is 0 Å². The molecule has 2 nitrogen and oxygen atoms in total. The molecule has 0 spiro atoms. The first kappa shape index (κ1) is 11.0. The maximum atomic E-state index is 11.4. The van der Waals surface area contributed by atoms with Gasteiger partial charge >= 0.3 is 0 Å². The van der Waals surface area contributed by atoms with Crippen molar-refractivity contribution >= 4 is 5.78 Å². The summed E-state index contributed by atoms with van der Waals surface area (Å²) >= 11 is 0. The minimum absolute atomic E-state index is 0.164. The minimum Gasteiger partial charge on any atom is -0.346 e. The van der Waals surface area contributed by atoms with Crippen molar-refractivity contribution in [1.29, 1.82) is 0 Å². The summed E-state index contributed by atoms with van der Waals surface area (Å²) in [7, 11) is 0. The predicted octanol–water partition coefficient (Wildman–Crippen LogP) is 3.14. The summed E-state index contributed by atoms with van der Waals surface area (Å²) in [5.74, 6) is 0.164. The number of nitrogens with zero attached hydrogens (tertiary/aromatic N) is 1. The maximum absolute atomic E-state index is 11.4. The van der Waals surface area contributed by atoms with Crippen LogP contribution < -0.4 is 0 Å². The highest BCUT2D eigenvalue weighted by Gasteiger charge is 2.14. The lowest BCUT2D eigenvalue weighted by Crippen LogP contribution is -2.07. The van der Waals surface area contributed by atoms with Crippen LogP contribution in [0, 0.1) is 6.92 Å². The third-order valence-corrected chi connectivity index (χ3v) is 2.63. The number of rotatable bonds is 3.